The van der Waals surface area contributed by atoms with E-state index in [1.54, 1.807) is 0 Å². The summed E-state index contributed by atoms with van der Waals surface area (Å²) in [5, 5.41) is 3.62. The number of unbranched alkanes of at least 4 members (excludes halogenated alkanes) is 2. The Morgan fingerprint density at radius 1 is 0.750 bits per heavy atom. The second-order valence-corrected chi connectivity index (χ2v) is 7.15. The summed E-state index contributed by atoms with van der Waals surface area (Å²) in [5.41, 5.74) is 17.5. The number of nitrogens with two attached hydrogens (primary N) is 2. The first kappa shape index (κ1) is 20.2. The van der Waals surface area contributed by atoms with Gasteiger partial charge in [0.25, 0.3) is 0 Å². The number of benzene rings is 3. The number of aryl methyl sites for hydroxylation is 1. The van der Waals surface area contributed by atoms with Crippen molar-refractivity contribution in [3.63, 3.8) is 0 Å². The SMILES string of the molecule is CCCCC[n+]1c(-c2ccccc2)c2cc(N)ccc2c2ccc(N)cc21.[Br-]. The van der Waals surface area contributed by atoms with Gasteiger partial charge >= 0.3 is 0 Å². The van der Waals surface area contributed by atoms with Crippen molar-refractivity contribution >= 4 is 33.1 Å². The summed E-state index contributed by atoms with van der Waals surface area (Å²) in [6.07, 6.45) is 3.54. The topological polar surface area (TPSA) is 55.9 Å². The molecule has 0 aliphatic heterocycles. The quantitative estimate of drug-likeness (QED) is 0.218. The molecule has 3 aromatic carbocycles. The van der Waals surface area contributed by atoms with Gasteiger partial charge in [-0.3, -0.25) is 0 Å². The number of nitrogens with zero attached hydrogens (tertiary/aromatic N) is 1. The monoisotopic (exact) mass is 435 g/mol. The maximum absolute atomic E-state index is 6.18. The van der Waals surface area contributed by atoms with Crippen molar-refractivity contribution in [2.24, 2.45) is 0 Å². The zero-order valence-corrected chi connectivity index (χ0v) is 17.7. The molecular weight excluding hydrogens is 410 g/mol. The summed E-state index contributed by atoms with van der Waals surface area (Å²) in [7, 11) is 0. The molecule has 0 saturated heterocycles. The molecule has 0 fully saturated rings. The lowest BCUT2D eigenvalue weighted by atomic mass is 9.98. The lowest BCUT2D eigenvalue weighted by Gasteiger charge is -2.13. The molecule has 1 aromatic heterocycles. The Bertz CT molecular complexity index is 1110. The zero-order chi connectivity index (χ0) is 18.8. The highest BCUT2D eigenvalue weighted by Gasteiger charge is 2.23. The van der Waals surface area contributed by atoms with Gasteiger partial charge in [0, 0.05) is 34.8 Å². The van der Waals surface area contributed by atoms with Gasteiger partial charge in [-0.2, -0.15) is 4.57 Å². The summed E-state index contributed by atoms with van der Waals surface area (Å²) in [6.45, 7) is 3.20. The fraction of sp³-hybridized carbons (Fsp3) is 0.208. The Morgan fingerprint density at radius 3 is 2.14 bits per heavy atom. The largest absolute Gasteiger partial charge is 1.00 e. The van der Waals surface area contributed by atoms with Gasteiger partial charge in [-0.05, 0) is 42.8 Å². The number of halogens is 1. The van der Waals surface area contributed by atoms with Crippen molar-refractivity contribution in [3.8, 4) is 11.3 Å². The van der Waals surface area contributed by atoms with E-state index < -0.39 is 0 Å². The van der Waals surface area contributed by atoms with Gasteiger partial charge in [0.1, 0.15) is 6.54 Å². The Hall–Kier alpha value is -2.59. The first-order chi connectivity index (χ1) is 13.2. The number of hydrogen-bond acceptors (Lipinski definition) is 2. The zero-order valence-electron chi connectivity index (χ0n) is 16.2. The summed E-state index contributed by atoms with van der Waals surface area (Å²) < 4.78 is 2.43. The number of nitrogen functional groups attached to an aromatic ring is 2. The third-order valence-corrected chi connectivity index (χ3v) is 5.20. The van der Waals surface area contributed by atoms with E-state index >= 15 is 0 Å². The van der Waals surface area contributed by atoms with E-state index in [1.807, 2.05) is 12.1 Å². The molecule has 0 radical (unpaired) electrons. The van der Waals surface area contributed by atoms with E-state index in [-0.39, 0.29) is 17.0 Å². The summed E-state index contributed by atoms with van der Waals surface area (Å²) in [4.78, 5) is 0. The molecule has 0 atom stereocenters. The summed E-state index contributed by atoms with van der Waals surface area (Å²) >= 11 is 0. The number of hydrogen-bond donors (Lipinski definition) is 2. The average Bonchev–Trinajstić information content (AvgIpc) is 2.68. The van der Waals surface area contributed by atoms with E-state index in [0.717, 1.165) is 24.3 Å². The van der Waals surface area contributed by atoms with E-state index in [4.69, 9.17) is 11.5 Å². The summed E-state index contributed by atoms with van der Waals surface area (Å²) in [6, 6.07) is 23.0. The number of rotatable bonds is 5. The first-order valence-corrected chi connectivity index (χ1v) is 9.68. The van der Waals surface area contributed by atoms with Crippen LogP contribution in [-0.2, 0) is 6.54 Å². The molecule has 4 rings (SSSR count). The molecule has 0 bridgehead atoms. The van der Waals surface area contributed by atoms with Crippen LogP contribution >= 0.6 is 0 Å². The Balaban J connectivity index is 0.00000225. The molecule has 4 aromatic rings. The second-order valence-electron chi connectivity index (χ2n) is 7.15. The van der Waals surface area contributed by atoms with E-state index in [0.29, 0.717) is 0 Å². The third-order valence-electron chi connectivity index (χ3n) is 5.20. The molecule has 4 heteroatoms. The van der Waals surface area contributed by atoms with Crippen LogP contribution in [0.25, 0.3) is 32.9 Å². The maximum Gasteiger partial charge on any atom is 0.220 e. The minimum absolute atomic E-state index is 0. The average molecular weight is 436 g/mol. The highest BCUT2D eigenvalue weighted by atomic mass is 79.9. The fourth-order valence-electron chi connectivity index (χ4n) is 3.92. The van der Waals surface area contributed by atoms with Gasteiger partial charge in [-0.25, -0.2) is 0 Å². The van der Waals surface area contributed by atoms with Crippen molar-refractivity contribution < 1.29 is 21.5 Å². The van der Waals surface area contributed by atoms with Gasteiger partial charge < -0.3 is 28.4 Å². The highest BCUT2D eigenvalue weighted by Crippen LogP contribution is 2.33. The predicted molar refractivity (Wildman–Crippen MR) is 115 cm³/mol. The molecule has 28 heavy (non-hydrogen) atoms. The normalized spacial score (nSPS) is 10.9. The Labute approximate surface area is 176 Å². The molecule has 3 nitrogen and oxygen atoms in total. The molecule has 0 aliphatic carbocycles. The van der Waals surface area contributed by atoms with Crippen LogP contribution in [0.15, 0.2) is 66.7 Å². The molecular formula is C24H26BrN3. The van der Waals surface area contributed by atoms with Crippen LogP contribution in [0.4, 0.5) is 11.4 Å². The first-order valence-electron chi connectivity index (χ1n) is 9.68. The van der Waals surface area contributed by atoms with Crippen molar-refractivity contribution in [2.75, 3.05) is 11.5 Å². The standard InChI is InChI=1S/C24H25N3.BrH/c1-2-3-7-14-27-23-16-19(26)11-13-21(23)20-12-10-18(25)15-22(20)24(27)17-8-5-4-6-9-17;/h4-6,8-13,15-16,26H,2-3,7,14,25H2,1H3;1H. The van der Waals surface area contributed by atoms with Crippen LogP contribution < -0.4 is 33.0 Å². The van der Waals surface area contributed by atoms with E-state index in [9.17, 15) is 0 Å². The molecule has 1 heterocycles. The van der Waals surface area contributed by atoms with Gasteiger partial charge in [0.05, 0.1) is 10.8 Å². The van der Waals surface area contributed by atoms with Crippen LogP contribution in [-0.4, -0.2) is 0 Å². The van der Waals surface area contributed by atoms with Crippen LogP contribution in [0.5, 0.6) is 0 Å². The molecule has 0 aliphatic rings. The molecule has 144 valence electrons. The smallest absolute Gasteiger partial charge is 0.220 e. The van der Waals surface area contributed by atoms with Crippen LogP contribution in [0.2, 0.25) is 0 Å². The lowest BCUT2D eigenvalue weighted by Crippen LogP contribution is -3.00. The predicted octanol–water partition coefficient (Wildman–Crippen LogP) is 2.31. The van der Waals surface area contributed by atoms with Crippen LogP contribution in [0, 0.1) is 0 Å². The van der Waals surface area contributed by atoms with Crippen molar-refractivity contribution in [1.29, 1.82) is 0 Å². The third kappa shape index (κ3) is 3.69. The molecule has 4 N–H and O–H groups in total. The highest BCUT2D eigenvalue weighted by molar-refractivity contribution is 6.10. The van der Waals surface area contributed by atoms with Crippen molar-refractivity contribution in [2.45, 2.75) is 32.7 Å². The van der Waals surface area contributed by atoms with Crippen molar-refractivity contribution in [1.82, 2.24) is 0 Å². The number of aromatic nitrogens is 1. The van der Waals surface area contributed by atoms with E-state index in [2.05, 4.69) is 66.1 Å². The molecule has 0 saturated carbocycles. The minimum Gasteiger partial charge on any atom is -1.00 e. The van der Waals surface area contributed by atoms with Crippen LogP contribution in [0.1, 0.15) is 26.2 Å². The van der Waals surface area contributed by atoms with Gasteiger partial charge in [0.15, 0.2) is 0 Å². The Kier molecular flexibility index (Phi) is 6.20. The van der Waals surface area contributed by atoms with E-state index in [1.165, 1.54) is 45.8 Å². The van der Waals surface area contributed by atoms with Gasteiger partial charge in [-0.1, -0.05) is 37.6 Å². The van der Waals surface area contributed by atoms with Crippen LogP contribution in [0.3, 0.4) is 0 Å². The molecule has 0 spiro atoms. The van der Waals surface area contributed by atoms with Crippen molar-refractivity contribution in [3.05, 3.63) is 66.7 Å². The van der Waals surface area contributed by atoms with Gasteiger partial charge in [-0.15, -0.1) is 0 Å². The Morgan fingerprint density at radius 2 is 1.43 bits per heavy atom. The number of anilines is 2. The maximum atomic E-state index is 6.18. The number of pyridine rings is 1. The fourth-order valence-corrected chi connectivity index (χ4v) is 3.92. The minimum atomic E-state index is 0. The summed E-state index contributed by atoms with van der Waals surface area (Å²) in [5.74, 6) is 0. The van der Waals surface area contributed by atoms with Gasteiger partial charge in [0.2, 0.25) is 11.2 Å². The molecule has 0 amide bonds. The lowest BCUT2D eigenvalue weighted by molar-refractivity contribution is -0.659. The number of fused-ring (bicyclic) bond motifs is 3. The molecule has 0 unspecified atom stereocenters. The second kappa shape index (κ2) is 8.61.